The highest BCUT2D eigenvalue weighted by molar-refractivity contribution is 5.28. The molecule has 4 heteroatoms. The fraction of sp³-hybridized carbons (Fsp3) is 0.625. The summed E-state index contributed by atoms with van der Waals surface area (Å²) >= 11 is 0. The predicted molar refractivity (Wildman–Crippen MR) is 72.6 cm³/mol. The Hall–Kier alpha value is -1.03. The molecule has 2 aliphatic rings. The molecule has 1 nitrogen and oxygen atoms in total. The summed E-state index contributed by atoms with van der Waals surface area (Å²) in [5, 5.41) is 3.39. The van der Waals surface area contributed by atoms with Gasteiger partial charge < -0.3 is 5.32 Å². The zero-order valence-electron chi connectivity index (χ0n) is 11.5. The second kappa shape index (κ2) is 5.06. The van der Waals surface area contributed by atoms with Gasteiger partial charge in [0.2, 0.25) is 0 Å². The van der Waals surface area contributed by atoms with Crippen molar-refractivity contribution in [2.45, 2.75) is 44.2 Å². The van der Waals surface area contributed by atoms with Gasteiger partial charge in [-0.2, -0.15) is 13.2 Å². The first-order valence-corrected chi connectivity index (χ1v) is 7.36. The van der Waals surface area contributed by atoms with Gasteiger partial charge in [0.1, 0.15) is 0 Å². The third-order valence-corrected chi connectivity index (χ3v) is 5.08. The molecule has 0 radical (unpaired) electrons. The zero-order chi connectivity index (χ0) is 14.2. The molecule has 20 heavy (non-hydrogen) atoms. The van der Waals surface area contributed by atoms with Gasteiger partial charge in [-0.15, -0.1) is 0 Å². The standard InChI is InChI=1S/C16H20F3N/c17-16(18,19)14-3-1-12(2-4-14)13-5-6-15(11-13)7-9-20-10-8-15/h1-4,13,20H,5-11H2. The number of nitrogens with one attached hydrogen (secondary N) is 1. The van der Waals surface area contributed by atoms with Gasteiger partial charge in [0.15, 0.2) is 0 Å². The molecule has 1 saturated carbocycles. The molecular formula is C16H20F3N. The van der Waals surface area contributed by atoms with Crippen molar-refractivity contribution in [3.05, 3.63) is 35.4 Å². The highest BCUT2D eigenvalue weighted by Gasteiger charge is 2.40. The van der Waals surface area contributed by atoms with Crippen LogP contribution in [0.1, 0.15) is 49.1 Å². The van der Waals surface area contributed by atoms with Crippen LogP contribution in [0.2, 0.25) is 0 Å². The molecular weight excluding hydrogens is 263 g/mol. The van der Waals surface area contributed by atoms with Gasteiger partial charge in [-0.3, -0.25) is 0 Å². The van der Waals surface area contributed by atoms with E-state index < -0.39 is 11.7 Å². The van der Waals surface area contributed by atoms with Crippen molar-refractivity contribution in [1.82, 2.24) is 5.32 Å². The van der Waals surface area contributed by atoms with Crippen LogP contribution >= 0.6 is 0 Å². The summed E-state index contributed by atoms with van der Waals surface area (Å²) in [6.45, 7) is 2.17. The number of rotatable bonds is 1. The molecule has 1 unspecified atom stereocenters. The highest BCUT2D eigenvalue weighted by Crippen LogP contribution is 2.51. The van der Waals surface area contributed by atoms with E-state index in [1.807, 2.05) is 0 Å². The molecule has 1 spiro atoms. The molecule has 1 N–H and O–H groups in total. The maximum absolute atomic E-state index is 12.6. The molecule has 0 amide bonds. The van der Waals surface area contributed by atoms with Gasteiger partial charge in [0.25, 0.3) is 0 Å². The van der Waals surface area contributed by atoms with Crippen LogP contribution in [0.3, 0.4) is 0 Å². The number of hydrogen-bond acceptors (Lipinski definition) is 1. The molecule has 110 valence electrons. The van der Waals surface area contributed by atoms with Crippen LogP contribution in [0.15, 0.2) is 24.3 Å². The van der Waals surface area contributed by atoms with E-state index in [9.17, 15) is 13.2 Å². The minimum Gasteiger partial charge on any atom is -0.317 e. The molecule has 1 heterocycles. The summed E-state index contributed by atoms with van der Waals surface area (Å²) in [6, 6.07) is 5.80. The van der Waals surface area contributed by atoms with E-state index in [2.05, 4.69) is 5.32 Å². The lowest BCUT2D eigenvalue weighted by Gasteiger charge is -2.34. The van der Waals surface area contributed by atoms with Crippen molar-refractivity contribution in [2.24, 2.45) is 5.41 Å². The van der Waals surface area contributed by atoms with Crippen LogP contribution in [-0.2, 0) is 6.18 Å². The number of alkyl halides is 3. The first kappa shape index (κ1) is 13.9. The van der Waals surface area contributed by atoms with Gasteiger partial charge in [0, 0.05) is 0 Å². The zero-order valence-corrected chi connectivity index (χ0v) is 11.5. The van der Waals surface area contributed by atoms with Gasteiger partial charge in [-0.05, 0) is 74.2 Å². The van der Waals surface area contributed by atoms with E-state index in [-0.39, 0.29) is 0 Å². The van der Waals surface area contributed by atoms with Crippen LogP contribution in [0.5, 0.6) is 0 Å². The summed E-state index contributed by atoms with van der Waals surface area (Å²) in [4.78, 5) is 0. The maximum Gasteiger partial charge on any atom is 0.416 e. The molecule has 0 bridgehead atoms. The molecule has 1 saturated heterocycles. The Bertz CT molecular complexity index is 458. The topological polar surface area (TPSA) is 12.0 Å². The molecule has 1 aliphatic carbocycles. The number of piperidine rings is 1. The number of hydrogen-bond donors (Lipinski definition) is 1. The first-order valence-electron chi connectivity index (χ1n) is 7.36. The lowest BCUT2D eigenvalue weighted by atomic mass is 9.76. The molecule has 0 aromatic heterocycles. The van der Waals surface area contributed by atoms with Crippen molar-refractivity contribution in [3.63, 3.8) is 0 Å². The molecule has 3 rings (SSSR count). The summed E-state index contributed by atoms with van der Waals surface area (Å²) in [6.07, 6.45) is 1.67. The Labute approximate surface area is 117 Å². The molecule has 1 aromatic carbocycles. The van der Waals surface area contributed by atoms with E-state index >= 15 is 0 Å². The van der Waals surface area contributed by atoms with Crippen molar-refractivity contribution >= 4 is 0 Å². The van der Waals surface area contributed by atoms with Crippen molar-refractivity contribution in [3.8, 4) is 0 Å². The minimum absolute atomic E-state index is 0.440. The lowest BCUT2D eigenvalue weighted by molar-refractivity contribution is -0.137. The van der Waals surface area contributed by atoms with Crippen molar-refractivity contribution < 1.29 is 13.2 Å². The molecule has 1 aliphatic heterocycles. The van der Waals surface area contributed by atoms with Crippen LogP contribution in [0, 0.1) is 5.41 Å². The van der Waals surface area contributed by atoms with Gasteiger partial charge in [-0.25, -0.2) is 0 Å². The molecule has 2 fully saturated rings. The van der Waals surface area contributed by atoms with Gasteiger partial charge in [0.05, 0.1) is 5.56 Å². The Morgan fingerprint density at radius 1 is 1.00 bits per heavy atom. The van der Waals surface area contributed by atoms with E-state index in [4.69, 9.17) is 0 Å². The van der Waals surface area contributed by atoms with Crippen molar-refractivity contribution in [2.75, 3.05) is 13.1 Å². The monoisotopic (exact) mass is 283 g/mol. The van der Waals surface area contributed by atoms with E-state index in [1.165, 1.54) is 31.4 Å². The third-order valence-electron chi connectivity index (χ3n) is 5.08. The maximum atomic E-state index is 12.6. The van der Waals surface area contributed by atoms with Crippen LogP contribution in [0.4, 0.5) is 13.2 Å². The Balaban J connectivity index is 1.71. The first-order chi connectivity index (χ1) is 9.49. The summed E-state index contributed by atoms with van der Waals surface area (Å²) in [5.41, 5.74) is 0.975. The van der Waals surface area contributed by atoms with Crippen LogP contribution < -0.4 is 5.32 Å². The SMILES string of the molecule is FC(F)(F)c1ccc(C2CCC3(CCNCC3)C2)cc1. The lowest BCUT2D eigenvalue weighted by Crippen LogP contribution is -2.35. The van der Waals surface area contributed by atoms with Gasteiger partial charge in [-0.1, -0.05) is 12.1 Å². The van der Waals surface area contributed by atoms with E-state index in [1.54, 1.807) is 12.1 Å². The molecule has 1 atom stereocenters. The Morgan fingerprint density at radius 3 is 2.25 bits per heavy atom. The van der Waals surface area contributed by atoms with E-state index in [0.717, 1.165) is 31.5 Å². The largest absolute Gasteiger partial charge is 0.416 e. The summed E-state index contributed by atoms with van der Waals surface area (Å²) < 4.78 is 37.7. The minimum atomic E-state index is -4.23. The van der Waals surface area contributed by atoms with Crippen LogP contribution in [0.25, 0.3) is 0 Å². The fourth-order valence-corrected chi connectivity index (χ4v) is 3.85. The fourth-order valence-electron chi connectivity index (χ4n) is 3.85. The Kier molecular flexibility index (Phi) is 3.53. The van der Waals surface area contributed by atoms with Crippen molar-refractivity contribution in [1.29, 1.82) is 0 Å². The smallest absolute Gasteiger partial charge is 0.317 e. The Morgan fingerprint density at radius 2 is 1.65 bits per heavy atom. The molecule has 1 aromatic rings. The average Bonchev–Trinajstić information content (AvgIpc) is 2.83. The van der Waals surface area contributed by atoms with Gasteiger partial charge >= 0.3 is 6.18 Å². The summed E-state index contributed by atoms with van der Waals surface area (Å²) in [7, 11) is 0. The second-order valence-electron chi connectivity index (χ2n) is 6.31. The highest BCUT2D eigenvalue weighted by atomic mass is 19.4. The number of halogens is 3. The normalized spacial score (nSPS) is 26.1. The quantitative estimate of drug-likeness (QED) is 0.808. The average molecular weight is 283 g/mol. The second-order valence-corrected chi connectivity index (χ2v) is 6.31. The number of benzene rings is 1. The van der Waals surface area contributed by atoms with E-state index in [0.29, 0.717) is 11.3 Å². The van der Waals surface area contributed by atoms with Crippen LogP contribution in [-0.4, -0.2) is 13.1 Å². The predicted octanol–water partition coefficient (Wildman–Crippen LogP) is 4.34. The third kappa shape index (κ3) is 2.71. The summed E-state index contributed by atoms with van der Waals surface area (Å²) in [5.74, 6) is 0.440.